The van der Waals surface area contributed by atoms with Gasteiger partial charge in [-0.05, 0) is 38.7 Å². The second kappa shape index (κ2) is 34.1. The second-order valence-corrected chi connectivity index (χ2v) is 21.9. The smallest absolute Gasteiger partial charge is 0.187 e. The standard InChI is InChI=1S/C45H67N21O28/c1-2-3-80-38-30(79)37-17(10-59-66-52)87-45(38)94-36-16(9-58-65-51)86-43(29(78)23(36)72)92-34-14(7-56-63-49)84-41(27(76)21(34)70)90-32-12(5-54-61-47)82-39(25(74)19(32)68)88-31-11(4-53-60-46)81-40(24(73)18(31)67)89-33-13(6-55-62-48)83-42(26(75)20(33)69)91-35-15(8-57-64-50)85-44(93-37)28(77)22(35)71/h2,11-45,67-79H,1,3-10H2. The highest BCUT2D eigenvalue weighted by Crippen LogP contribution is 2.40. The molecule has 0 spiro atoms. The monoisotopic (exact) mass is 1350 g/mol. The zero-order chi connectivity index (χ0) is 68.1. The first-order chi connectivity index (χ1) is 45.2. The molecule has 0 aromatic heterocycles. The highest BCUT2D eigenvalue weighted by atomic mass is 16.8. The molecule has 21 aliphatic rings. The maximum Gasteiger partial charge on any atom is 0.187 e. The van der Waals surface area contributed by atoms with Gasteiger partial charge in [0.2, 0.25) is 0 Å². The van der Waals surface area contributed by atoms with Gasteiger partial charge in [-0.2, -0.15) is 0 Å². The summed E-state index contributed by atoms with van der Waals surface area (Å²) in [5, 5.41) is 177. The molecule has 0 saturated carbocycles. The van der Waals surface area contributed by atoms with Crippen LogP contribution in [-0.2, 0) is 71.1 Å². The van der Waals surface area contributed by atoms with Crippen LogP contribution in [0.4, 0.5) is 0 Å². The lowest BCUT2D eigenvalue weighted by Crippen LogP contribution is -2.68. The first kappa shape index (κ1) is 73.6. The van der Waals surface area contributed by atoms with Crippen LogP contribution < -0.4 is 0 Å². The third-order valence-corrected chi connectivity index (χ3v) is 16.2. The van der Waals surface area contributed by atoms with Crippen molar-refractivity contribution in [1.82, 2.24) is 0 Å². The number of aliphatic hydroxyl groups is 13. The molecule has 0 radical (unpaired) electrons. The van der Waals surface area contributed by atoms with E-state index in [9.17, 15) is 105 Å². The van der Waals surface area contributed by atoms with Crippen LogP contribution in [0.3, 0.4) is 0 Å². The molecule has 35 atom stereocenters. The number of hydrogen-bond acceptors (Lipinski definition) is 35. The summed E-state index contributed by atoms with van der Waals surface area (Å²) in [4.78, 5) is 18.8. The van der Waals surface area contributed by atoms with E-state index in [0.717, 1.165) is 0 Å². The van der Waals surface area contributed by atoms with Gasteiger partial charge in [-0.15, -0.1) is 6.58 Å². The van der Waals surface area contributed by atoms with Gasteiger partial charge in [0.1, 0.15) is 128 Å². The molecule has 14 bridgehead atoms. The van der Waals surface area contributed by atoms with E-state index in [1.54, 1.807) is 0 Å². The van der Waals surface area contributed by atoms with E-state index >= 15 is 0 Å². The minimum Gasteiger partial charge on any atom is -0.387 e. The Morgan fingerprint density at radius 1 is 0.266 bits per heavy atom. The molecular weight excluding hydrogens is 1280 g/mol. The fourth-order valence-electron chi connectivity index (χ4n) is 11.6. The molecule has 0 aromatic rings. The van der Waals surface area contributed by atoms with Crippen molar-refractivity contribution in [3.8, 4) is 0 Å². The van der Waals surface area contributed by atoms with E-state index in [1.807, 2.05) is 0 Å². The molecule has 520 valence electrons. The predicted molar refractivity (Wildman–Crippen MR) is 291 cm³/mol. The number of azide groups is 7. The van der Waals surface area contributed by atoms with Gasteiger partial charge in [0.25, 0.3) is 0 Å². The van der Waals surface area contributed by atoms with Gasteiger partial charge in [-0.3, -0.25) is 0 Å². The van der Waals surface area contributed by atoms with Gasteiger partial charge < -0.3 is 137 Å². The quantitative estimate of drug-likeness (QED) is 0.0281. The van der Waals surface area contributed by atoms with Gasteiger partial charge in [0, 0.05) is 34.4 Å². The molecule has 21 fully saturated rings. The molecular formula is C45H67N21O28. The number of rotatable bonds is 17. The average molecular weight is 1350 g/mol. The number of nitrogens with zero attached hydrogens (tertiary/aromatic N) is 21. The number of ether oxygens (including phenoxy) is 15. The third kappa shape index (κ3) is 16.4. The van der Waals surface area contributed by atoms with Gasteiger partial charge in [-0.1, -0.05) is 41.9 Å². The Hall–Kier alpha value is -6.21. The zero-order valence-corrected chi connectivity index (χ0v) is 48.5. The van der Waals surface area contributed by atoms with Crippen molar-refractivity contribution >= 4 is 0 Å². The van der Waals surface area contributed by atoms with Crippen LogP contribution in [0.15, 0.2) is 48.5 Å². The topological polar surface area (TPSA) is 743 Å². The molecule has 49 heteroatoms. The summed E-state index contributed by atoms with van der Waals surface area (Å²) in [7, 11) is 0. The molecule has 94 heavy (non-hydrogen) atoms. The van der Waals surface area contributed by atoms with Crippen LogP contribution in [0.25, 0.3) is 73.1 Å². The molecule has 0 amide bonds. The molecule has 21 saturated heterocycles. The fraction of sp³-hybridized carbons (Fsp3) is 0.956. The van der Waals surface area contributed by atoms with Crippen molar-refractivity contribution in [3.63, 3.8) is 0 Å². The lowest BCUT2D eigenvalue weighted by atomic mass is 9.94. The maximum absolute atomic E-state index is 12.2. The highest BCUT2D eigenvalue weighted by Gasteiger charge is 2.60. The molecule has 49 nitrogen and oxygen atoms in total. The van der Waals surface area contributed by atoms with Crippen molar-refractivity contribution in [2.75, 3.05) is 52.4 Å². The van der Waals surface area contributed by atoms with Gasteiger partial charge in [-0.25, -0.2) is 0 Å². The van der Waals surface area contributed by atoms with Gasteiger partial charge in [0.05, 0.1) is 95.1 Å². The summed E-state index contributed by atoms with van der Waals surface area (Å²) in [6.45, 7) is -2.35. The lowest BCUT2D eigenvalue weighted by molar-refractivity contribution is -0.392. The predicted octanol–water partition coefficient (Wildman–Crippen LogP) is -4.79. The van der Waals surface area contributed by atoms with Crippen LogP contribution >= 0.6 is 0 Å². The van der Waals surface area contributed by atoms with Crippen LogP contribution in [0.2, 0.25) is 0 Å². The largest absolute Gasteiger partial charge is 0.387 e. The second-order valence-electron chi connectivity index (χ2n) is 21.9. The molecule has 13 N–H and O–H groups in total. The van der Waals surface area contributed by atoms with Crippen LogP contribution in [0, 0.1) is 0 Å². The summed E-state index contributed by atoms with van der Waals surface area (Å²) in [5.74, 6) is 0. The van der Waals surface area contributed by atoms with Crippen LogP contribution in [0.5, 0.6) is 0 Å². The average Bonchev–Trinajstić information content (AvgIpc) is 0.780. The minimum atomic E-state index is -2.31. The normalized spacial score (nSPS) is 46.5. The molecule has 21 rings (SSSR count). The lowest BCUT2D eigenvalue weighted by Gasteiger charge is -2.50. The Morgan fingerprint density at radius 3 is 0.617 bits per heavy atom. The summed E-state index contributed by atoms with van der Waals surface area (Å²) in [6, 6.07) is 0. The van der Waals surface area contributed by atoms with Crippen LogP contribution in [0.1, 0.15) is 0 Å². The summed E-state index contributed by atoms with van der Waals surface area (Å²) < 4.78 is 89.5. The van der Waals surface area contributed by atoms with E-state index in [1.165, 1.54) is 6.08 Å². The Balaban J connectivity index is 1.19. The van der Waals surface area contributed by atoms with E-state index in [-0.39, 0.29) is 0 Å². The Morgan fingerprint density at radius 2 is 0.436 bits per heavy atom. The van der Waals surface area contributed by atoms with Crippen molar-refractivity contribution in [2.24, 2.45) is 35.8 Å². The van der Waals surface area contributed by atoms with Crippen molar-refractivity contribution < 1.29 is 137 Å². The highest BCUT2D eigenvalue weighted by molar-refractivity contribution is 5.03. The molecule has 0 aromatic carbocycles. The summed E-state index contributed by atoms with van der Waals surface area (Å²) in [6.07, 6.45) is -70.6. The molecule has 21 aliphatic heterocycles. The third-order valence-electron chi connectivity index (χ3n) is 16.2. The Bertz CT molecular complexity index is 2890. The SMILES string of the molecule is C=CCOC1C2OC(CN=[N+]=[N-])C(OC3OC(CN=[N+]=[N-])C(OC4OC(CN=[N+]=[N-])C(OC5OC(CN=[N+]=[N-])C(OC6OC(CN=[N+]=[N-])C(OC7OC(CN=[N+]=[N-])C(OC8OC(CN=[N+]=[N-])C(O2)C(O)C8O)C(O)C7O)C(O)C6O)C(O)C5O)C(O)C4O)C(O)C3O)C1O. The Labute approximate surface area is 525 Å². The van der Waals surface area contributed by atoms with Gasteiger partial charge >= 0.3 is 0 Å². The van der Waals surface area contributed by atoms with Gasteiger partial charge in [0.15, 0.2) is 44.0 Å². The first-order valence-electron chi connectivity index (χ1n) is 28.5. The van der Waals surface area contributed by atoms with Crippen molar-refractivity contribution in [1.29, 1.82) is 0 Å². The fourth-order valence-corrected chi connectivity index (χ4v) is 11.6. The van der Waals surface area contributed by atoms with Crippen LogP contribution in [-0.4, -0.2) is 334 Å². The molecule has 0 aliphatic carbocycles. The molecule has 35 unspecified atom stereocenters. The number of hydrogen-bond donors (Lipinski definition) is 13. The summed E-state index contributed by atoms with van der Waals surface area (Å²) >= 11 is 0. The van der Waals surface area contributed by atoms with E-state index in [0.29, 0.717) is 0 Å². The zero-order valence-electron chi connectivity index (χ0n) is 48.5. The van der Waals surface area contributed by atoms with E-state index in [2.05, 4.69) is 76.8 Å². The van der Waals surface area contributed by atoms with E-state index in [4.69, 9.17) is 71.1 Å². The minimum absolute atomic E-state index is 0.416. The van der Waals surface area contributed by atoms with Crippen molar-refractivity contribution in [3.05, 3.63) is 85.8 Å². The first-order valence-corrected chi connectivity index (χ1v) is 28.5. The maximum atomic E-state index is 12.2. The molecule has 21 heterocycles. The van der Waals surface area contributed by atoms with Crippen molar-refractivity contribution in [2.45, 2.75) is 215 Å². The van der Waals surface area contributed by atoms with E-state index < -0.39 is 267 Å². The Kier molecular flexibility index (Phi) is 26.7. The number of aliphatic hydroxyl groups excluding tert-OH is 13. The summed E-state index contributed by atoms with van der Waals surface area (Å²) in [5.41, 5.74) is 65.8.